The van der Waals surface area contributed by atoms with E-state index in [2.05, 4.69) is 22.2 Å². The van der Waals surface area contributed by atoms with Crippen LogP contribution >= 0.6 is 23.2 Å². The van der Waals surface area contributed by atoms with Crippen molar-refractivity contribution in [3.05, 3.63) is 63.9 Å². The molecule has 2 aromatic rings. The van der Waals surface area contributed by atoms with Crippen LogP contribution in [-0.4, -0.2) is 60.6 Å². The lowest BCUT2D eigenvalue weighted by Crippen LogP contribution is -2.49. The standard InChI is InChI=1S/C22H28Cl2N4O2/c1-27-11-8-17(9-12-27)28(2)22(29)26-20(18-6-3-7-19(23)21(18)24)15-30-14-16-5-4-10-25-13-16/h3-7,10,13,17,20H,8-9,11-12,14-15H2,1-2H3,(H,26,29). The number of hydrogen-bond donors (Lipinski definition) is 1. The summed E-state index contributed by atoms with van der Waals surface area (Å²) in [6, 6.07) is 8.88. The van der Waals surface area contributed by atoms with Crippen LogP contribution in [0, 0.1) is 0 Å². The molecule has 1 unspecified atom stereocenters. The van der Waals surface area contributed by atoms with Gasteiger partial charge in [0.25, 0.3) is 0 Å². The molecule has 3 rings (SSSR count). The highest BCUT2D eigenvalue weighted by Crippen LogP contribution is 2.30. The Hall–Kier alpha value is -1.86. The van der Waals surface area contributed by atoms with Crippen LogP contribution in [0.5, 0.6) is 0 Å². The second-order valence-electron chi connectivity index (χ2n) is 7.67. The minimum absolute atomic E-state index is 0.143. The SMILES string of the molecule is CN1CCC(N(C)C(=O)NC(COCc2cccnc2)c2cccc(Cl)c2Cl)CC1. The number of urea groups is 1. The molecule has 0 bridgehead atoms. The summed E-state index contributed by atoms with van der Waals surface area (Å²) in [6.07, 6.45) is 5.39. The molecule has 1 fully saturated rings. The minimum atomic E-state index is -0.422. The summed E-state index contributed by atoms with van der Waals surface area (Å²) in [7, 11) is 3.95. The van der Waals surface area contributed by atoms with Crippen LogP contribution in [0.4, 0.5) is 4.79 Å². The summed E-state index contributed by atoms with van der Waals surface area (Å²) in [4.78, 5) is 21.2. The fraction of sp³-hybridized carbons (Fsp3) is 0.455. The van der Waals surface area contributed by atoms with E-state index in [-0.39, 0.29) is 18.7 Å². The van der Waals surface area contributed by atoms with Crippen LogP contribution in [-0.2, 0) is 11.3 Å². The van der Waals surface area contributed by atoms with E-state index in [0.717, 1.165) is 37.1 Å². The lowest BCUT2D eigenvalue weighted by molar-refractivity contribution is 0.0945. The predicted octanol–water partition coefficient (Wildman–Crippen LogP) is 4.38. The minimum Gasteiger partial charge on any atom is -0.374 e. The van der Waals surface area contributed by atoms with Crippen molar-refractivity contribution in [2.45, 2.75) is 31.5 Å². The molecule has 1 aromatic carbocycles. The van der Waals surface area contributed by atoms with Crippen LogP contribution in [0.25, 0.3) is 0 Å². The quantitative estimate of drug-likeness (QED) is 0.679. The molecule has 0 aliphatic carbocycles. The summed E-state index contributed by atoms with van der Waals surface area (Å²) in [5, 5.41) is 3.96. The first-order chi connectivity index (χ1) is 14.5. The average Bonchev–Trinajstić information content (AvgIpc) is 2.76. The van der Waals surface area contributed by atoms with Crippen molar-refractivity contribution in [1.82, 2.24) is 20.1 Å². The number of hydrogen-bond acceptors (Lipinski definition) is 4. The number of ether oxygens (including phenoxy) is 1. The van der Waals surface area contributed by atoms with Crippen molar-refractivity contribution >= 4 is 29.2 Å². The molecule has 1 aliphatic rings. The number of carbonyl (C=O) groups is 1. The highest BCUT2D eigenvalue weighted by molar-refractivity contribution is 6.42. The number of piperidine rings is 1. The summed E-state index contributed by atoms with van der Waals surface area (Å²) >= 11 is 12.7. The number of amides is 2. The van der Waals surface area contributed by atoms with Crippen LogP contribution in [0.2, 0.25) is 10.0 Å². The van der Waals surface area contributed by atoms with E-state index >= 15 is 0 Å². The lowest BCUT2D eigenvalue weighted by Gasteiger charge is -2.36. The predicted molar refractivity (Wildman–Crippen MR) is 120 cm³/mol. The summed E-state index contributed by atoms with van der Waals surface area (Å²) < 4.78 is 5.89. The fourth-order valence-electron chi connectivity index (χ4n) is 3.58. The largest absolute Gasteiger partial charge is 0.374 e. The van der Waals surface area contributed by atoms with Crippen molar-refractivity contribution in [2.75, 3.05) is 33.8 Å². The van der Waals surface area contributed by atoms with E-state index in [4.69, 9.17) is 27.9 Å². The zero-order valence-electron chi connectivity index (χ0n) is 17.4. The van der Waals surface area contributed by atoms with E-state index in [1.807, 2.05) is 31.3 Å². The molecule has 8 heteroatoms. The van der Waals surface area contributed by atoms with Gasteiger partial charge in [0.05, 0.1) is 29.3 Å². The van der Waals surface area contributed by atoms with E-state index in [9.17, 15) is 4.79 Å². The Morgan fingerprint density at radius 3 is 2.77 bits per heavy atom. The number of aromatic nitrogens is 1. The molecule has 0 saturated carbocycles. The van der Waals surface area contributed by atoms with Crippen molar-refractivity contribution < 1.29 is 9.53 Å². The third-order valence-corrected chi connectivity index (χ3v) is 6.32. The van der Waals surface area contributed by atoms with Gasteiger partial charge in [0.15, 0.2) is 0 Å². The average molecular weight is 451 g/mol. The molecular formula is C22H28Cl2N4O2. The number of likely N-dealkylation sites (tertiary alicyclic amines) is 1. The van der Waals surface area contributed by atoms with Gasteiger partial charge >= 0.3 is 6.03 Å². The molecule has 1 atom stereocenters. The number of nitrogens with one attached hydrogen (secondary N) is 1. The number of nitrogens with zero attached hydrogens (tertiary/aromatic N) is 3. The monoisotopic (exact) mass is 450 g/mol. The Bertz CT molecular complexity index is 829. The van der Waals surface area contributed by atoms with Crippen LogP contribution in [0.15, 0.2) is 42.7 Å². The molecular weight excluding hydrogens is 423 g/mol. The third kappa shape index (κ3) is 6.08. The molecule has 6 nitrogen and oxygen atoms in total. The first-order valence-corrected chi connectivity index (χ1v) is 10.8. The van der Waals surface area contributed by atoms with Gasteiger partial charge in [-0.3, -0.25) is 4.98 Å². The maximum Gasteiger partial charge on any atom is 0.317 e. The Kier molecular flexibility index (Phi) is 8.33. The molecule has 0 spiro atoms. The zero-order chi connectivity index (χ0) is 21.5. The number of halogens is 2. The van der Waals surface area contributed by atoms with E-state index < -0.39 is 6.04 Å². The summed E-state index contributed by atoms with van der Waals surface area (Å²) in [5.41, 5.74) is 1.70. The van der Waals surface area contributed by atoms with E-state index in [1.165, 1.54) is 0 Å². The van der Waals surface area contributed by atoms with Gasteiger partial charge in [-0.2, -0.15) is 0 Å². The first kappa shape index (κ1) is 22.8. The summed E-state index contributed by atoms with van der Waals surface area (Å²) in [6.45, 7) is 2.63. The molecule has 1 aromatic heterocycles. The highest BCUT2D eigenvalue weighted by Gasteiger charge is 2.26. The molecule has 2 amide bonds. The van der Waals surface area contributed by atoms with Crippen molar-refractivity contribution in [3.63, 3.8) is 0 Å². The van der Waals surface area contributed by atoms with Gasteiger partial charge in [0.1, 0.15) is 0 Å². The number of carbonyl (C=O) groups excluding carboxylic acids is 1. The number of pyridine rings is 1. The maximum absolute atomic E-state index is 13.0. The van der Waals surface area contributed by atoms with Crippen LogP contribution in [0.1, 0.15) is 30.0 Å². The van der Waals surface area contributed by atoms with Gasteiger partial charge in [-0.25, -0.2) is 4.79 Å². The fourth-order valence-corrected chi connectivity index (χ4v) is 4.02. The maximum atomic E-state index is 13.0. The second kappa shape index (κ2) is 11.0. The molecule has 1 N–H and O–H groups in total. The van der Waals surface area contributed by atoms with Crippen LogP contribution < -0.4 is 5.32 Å². The highest BCUT2D eigenvalue weighted by atomic mass is 35.5. The van der Waals surface area contributed by atoms with Gasteiger partial charge in [-0.1, -0.05) is 41.4 Å². The van der Waals surface area contributed by atoms with Crippen LogP contribution in [0.3, 0.4) is 0 Å². The number of benzene rings is 1. The molecule has 1 saturated heterocycles. The van der Waals surface area contributed by atoms with Crippen molar-refractivity contribution in [3.8, 4) is 0 Å². The van der Waals surface area contributed by atoms with Gasteiger partial charge in [-0.05, 0) is 56.2 Å². The van der Waals surface area contributed by atoms with E-state index in [1.54, 1.807) is 23.4 Å². The van der Waals surface area contributed by atoms with Gasteiger partial charge in [0, 0.05) is 25.5 Å². The van der Waals surface area contributed by atoms with Crippen molar-refractivity contribution in [1.29, 1.82) is 0 Å². The van der Waals surface area contributed by atoms with Gasteiger partial charge < -0.3 is 19.9 Å². The molecule has 1 aliphatic heterocycles. The normalized spacial score (nSPS) is 16.3. The zero-order valence-corrected chi connectivity index (χ0v) is 18.9. The van der Waals surface area contributed by atoms with Crippen molar-refractivity contribution in [2.24, 2.45) is 0 Å². The molecule has 2 heterocycles. The second-order valence-corrected chi connectivity index (χ2v) is 8.45. The van der Waals surface area contributed by atoms with E-state index in [0.29, 0.717) is 16.7 Å². The Balaban J connectivity index is 1.68. The van der Waals surface area contributed by atoms with Gasteiger partial charge in [0.2, 0.25) is 0 Å². The Labute approximate surface area is 188 Å². The first-order valence-electron chi connectivity index (χ1n) is 10.1. The topological polar surface area (TPSA) is 57.7 Å². The molecule has 162 valence electrons. The number of rotatable bonds is 7. The summed E-state index contributed by atoms with van der Waals surface area (Å²) in [5.74, 6) is 0. The Morgan fingerprint density at radius 2 is 2.07 bits per heavy atom. The Morgan fingerprint density at radius 1 is 1.30 bits per heavy atom. The molecule has 30 heavy (non-hydrogen) atoms. The smallest absolute Gasteiger partial charge is 0.317 e. The third-order valence-electron chi connectivity index (χ3n) is 5.49. The lowest BCUT2D eigenvalue weighted by atomic mass is 10.0. The van der Waals surface area contributed by atoms with Gasteiger partial charge in [-0.15, -0.1) is 0 Å². The molecule has 0 radical (unpaired) electrons.